The number of rotatable bonds is 4. The van der Waals surface area contributed by atoms with E-state index in [9.17, 15) is 13.6 Å². The minimum atomic E-state index is -0.730. The summed E-state index contributed by atoms with van der Waals surface area (Å²) in [6, 6.07) is 2.79. The number of benzene rings is 1. The van der Waals surface area contributed by atoms with Crippen molar-refractivity contribution < 1.29 is 13.6 Å². The Bertz CT molecular complexity index is 627. The molecule has 0 saturated heterocycles. The molecule has 1 amide bonds. The van der Waals surface area contributed by atoms with Crippen molar-refractivity contribution in [2.45, 2.75) is 19.4 Å². The maximum atomic E-state index is 13.4. The van der Waals surface area contributed by atoms with Crippen LogP contribution >= 0.6 is 0 Å². The van der Waals surface area contributed by atoms with Gasteiger partial charge in [0.1, 0.15) is 18.0 Å². The first kappa shape index (κ1) is 14.1. The van der Waals surface area contributed by atoms with Crippen LogP contribution in [-0.4, -0.2) is 20.7 Å². The molecule has 1 aromatic carbocycles. The Hall–Kier alpha value is -2.31. The Labute approximate surface area is 114 Å². The molecule has 0 saturated carbocycles. The number of aryl methyl sites for hydroxylation is 1. The molecule has 0 aliphatic rings. The lowest BCUT2D eigenvalue weighted by molar-refractivity contribution is -0.121. The van der Waals surface area contributed by atoms with Crippen LogP contribution in [0.25, 0.3) is 0 Å². The predicted molar refractivity (Wildman–Crippen MR) is 67.6 cm³/mol. The molecule has 1 atom stereocenters. The molecule has 0 radical (unpaired) electrons. The summed E-state index contributed by atoms with van der Waals surface area (Å²) in [5.41, 5.74) is 0.147. The second-order valence-electron chi connectivity index (χ2n) is 4.50. The van der Waals surface area contributed by atoms with Crippen molar-refractivity contribution in [2.75, 3.05) is 0 Å². The van der Waals surface area contributed by atoms with Crippen molar-refractivity contribution in [3.8, 4) is 0 Å². The van der Waals surface area contributed by atoms with E-state index in [0.717, 1.165) is 12.1 Å². The molecule has 5 nitrogen and oxygen atoms in total. The van der Waals surface area contributed by atoms with Crippen molar-refractivity contribution in [3.05, 3.63) is 47.5 Å². The van der Waals surface area contributed by atoms with E-state index >= 15 is 0 Å². The Morgan fingerprint density at radius 1 is 1.45 bits per heavy atom. The first-order valence-corrected chi connectivity index (χ1v) is 6.04. The maximum absolute atomic E-state index is 13.4. The molecule has 1 aromatic heterocycles. The average molecular weight is 280 g/mol. The molecule has 2 aromatic rings. The third-order valence-electron chi connectivity index (χ3n) is 2.88. The van der Waals surface area contributed by atoms with Crippen LogP contribution in [-0.2, 0) is 18.3 Å². The van der Waals surface area contributed by atoms with E-state index in [1.165, 1.54) is 12.4 Å². The molecule has 7 heteroatoms. The van der Waals surface area contributed by atoms with Gasteiger partial charge in [-0.05, 0) is 18.6 Å². The van der Waals surface area contributed by atoms with E-state index in [2.05, 4.69) is 15.5 Å². The summed E-state index contributed by atoms with van der Waals surface area (Å²) in [6.07, 6.45) is 1.37. The number of hydrogen-bond donors (Lipinski definition) is 1. The molecular weight excluding hydrogens is 266 g/mol. The number of aromatic nitrogens is 3. The molecule has 0 fully saturated rings. The molecule has 20 heavy (non-hydrogen) atoms. The van der Waals surface area contributed by atoms with Gasteiger partial charge in [0.2, 0.25) is 5.91 Å². The number of carbonyl (C=O) groups is 1. The lowest BCUT2D eigenvalue weighted by Gasteiger charge is -2.13. The van der Waals surface area contributed by atoms with Gasteiger partial charge in [-0.3, -0.25) is 4.79 Å². The van der Waals surface area contributed by atoms with Crippen LogP contribution in [0.4, 0.5) is 8.78 Å². The second-order valence-corrected chi connectivity index (χ2v) is 4.50. The molecule has 1 heterocycles. The van der Waals surface area contributed by atoms with E-state index in [-0.39, 0.29) is 23.9 Å². The normalized spacial score (nSPS) is 12.2. The highest BCUT2D eigenvalue weighted by Gasteiger charge is 2.15. The second kappa shape index (κ2) is 5.77. The fourth-order valence-electron chi connectivity index (χ4n) is 1.88. The summed E-state index contributed by atoms with van der Waals surface area (Å²) in [5, 5.41) is 10.3. The lowest BCUT2D eigenvalue weighted by atomic mass is 10.1. The maximum Gasteiger partial charge on any atom is 0.225 e. The fourth-order valence-corrected chi connectivity index (χ4v) is 1.88. The van der Waals surface area contributed by atoms with E-state index in [0.29, 0.717) is 5.82 Å². The van der Waals surface area contributed by atoms with Crippen molar-refractivity contribution in [1.29, 1.82) is 0 Å². The van der Waals surface area contributed by atoms with E-state index in [1.54, 1.807) is 18.5 Å². The smallest absolute Gasteiger partial charge is 0.225 e. The van der Waals surface area contributed by atoms with Gasteiger partial charge in [-0.25, -0.2) is 8.78 Å². The highest BCUT2D eigenvalue weighted by Crippen LogP contribution is 2.12. The quantitative estimate of drug-likeness (QED) is 0.923. The summed E-state index contributed by atoms with van der Waals surface area (Å²) in [5.74, 6) is -1.17. The predicted octanol–water partition coefficient (Wildman–Crippen LogP) is 1.51. The van der Waals surface area contributed by atoms with Crippen LogP contribution in [0.1, 0.15) is 24.4 Å². The van der Waals surface area contributed by atoms with E-state index in [1.807, 2.05) is 0 Å². The third kappa shape index (κ3) is 3.17. The van der Waals surface area contributed by atoms with Crippen molar-refractivity contribution in [2.24, 2.45) is 7.05 Å². The van der Waals surface area contributed by atoms with Crippen molar-refractivity contribution in [1.82, 2.24) is 20.1 Å². The number of halogens is 2. The molecule has 0 spiro atoms. The largest absolute Gasteiger partial charge is 0.346 e. The summed E-state index contributed by atoms with van der Waals surface area (Å²) in [7, 11) is 1.76. The van der Waals surface area contributed by atoms with E-state index in [4.69, 9.17) is 0 Å². The van der Waals surface area contributed by atoms with Crippen LogP contribution in [0.5, 0.6) is 0 Å². The molecule has 0 aliphatic heterocycles. The first-order chi connectivity index (χ1) is 9.47. The molecule has 1 N–H and O–H groups in total. The first-order valence-electron chi connectivity index (χ1n) is 6.04. The Morgan fingerprint density at radius 3 is 2.80 bits per heavy atom. The molecule has 0 unspecified atom stereocenters. The average Bonchev–Trinajstić information content (AvgIpc) is 2.79. The van der Waals surface area contributed by atoms with E-state index < -0.39 is 11.6 Å². The molecule has 2 rings (SSSR count). The van der Waals surface area contributed by atoms with Gasteiger partial charge in [0.05, 0.1) is 12.5 Å². The van der Waals surface area contributed by atoms with Crippen LogP contribution in [0.15, 0.2) is 24.5 Å². The number of nitrogens with one attached hydrogen (secondary N) is 1. The van der Waals surface area contributed by atoms with Gasteiger partial charge in [0.25, 0.3) is 0 Å². The van der Waals surface area contributed by atoms with Gasteiger partial charge >= 0.3 is 0 Å². The van der Waals surface area contributed by atoms with Gasteiger partial charge < -0.3 is 9.88 Å². The zero-order valence-corrected chi connectivity index (χ0v) is 11.1. The number of amides is 1. The number of nitrogens with zero attached hydrogens (tertiary/aromatic N) is 3. The van der Waals surface area contributed by atoms with Crippen LogP contribution in [0.3, 0.4) is 0 Å². The zero-order chi connectivity index (χ0) is 14.7. The van der Waals surface area contributed by atoms with Gasteiger partial charge in [0.15, 0.2) is 5.82 Å². The SMILES string of the molecule is C[C@H](NC(=O)Cc1ccc(F)cc1F)c1nncn1C. The van der Waals surface area contributed by atoms with Crippen LogP contribution in [0.2, 0.25) is 0 Å². The molecule has 0 bridgehead atoms. The van der Waals surface area contributed by atoms with Gasteiger partial charge in [-0.2, -0.15) is 0 Å². The minimum absolute atomic E-state index is 0.147. The van der Waals surface area contributed by atoms with Gasteiger partial charge in [-0.1, -0.05) is 6.07 Å². The highest BCUT2D eigenvalue weighted by molar-refractivity contribution is 5.78. The lowest BCUT2D eigenvalue weighted by Crippen LogP contribution is -2.30. The fraction of sp³-hybridized carbons (Fsp3) is 0.308. The van der Waals surface area contributed by atoms with Crippen LogP contribution < -0.4 is 5.32 Å². The number of hydrogen-bond acceptors (Lipinski definition) is 3. The summed E-state index contributed by atoms with van der Waals surface area (Å²) >= 11 is 0. The summed E-state index contributed by atoms with van der Waals surface area (Å²) < 4.78 is 27.9. The van der Waals surface area contributed by atoms with Crippen molar-refractivity contribution in [3.63, 3.8) is 0 Å². The Kier molecular flexibility index (Phi) is 4.07. The minimum Gasteiger partial charge on any atom is -0.346 e. The topological polar surface area (TPSA) is 59.8 Å². The highest BCUT2D eigenvalue weighted by atomic mass is 19.1. The monoisotopic (exact) mass is 280 g/mol. The molecule has 106 valence electrons. The number of carbonyl (C=O) groups excluding carboxylic acids is 1. The Morgan fingerprint density at radius 2 is 2.20 bits per heavy atom. The summed E-state index contributed by atoms with van der Waals surface area (Å²) in [6.45, 7) is 1.75. The molecule has 0 aliphatic carbocycles. The zero-order valence-electron chi connectivity index (χ0n) is 11.1. The standard InChI is InChI=1S/C13H14F2N4O/c1-8(13-18-16-7-19(13)2)17-12(20)5-9-3-4-10(14)6-11(9)15/h3-4,6-8H,5H2,1-2H3,(H,17,20)/t8-/m0/s1. The summed E-state index contributed by atoms with van der Waals surface area (Å²) in [4.78, 5) is 11.8. The van der Waals surface area contributed by atoms with Crippen LogP contribution in [0, 0.1) is 11.6 Å². The van der Waals surface area contributed by atoms with Gasteiger partial charge in [0, 0.05) is 13.1 Å². The third-order valence-corrected chi connectivity index (χ3v) is 2.88. The Balaban J connectivity index is 2.01. The van der Waals surface area contributed by atoms with Gasteiger partial charge in [-0.15, -0.1) is 10.2 Å². The van der Waals surface area contributed by atoms with Crippen molar-refractivity contribution >= 4 is 5.91 Å². The molecular formula is C13H14F2N4O.